The van der Waals surface area contributed by atoms with E-state index in [2.05, 4.69) is 28.5 Å². The van der Waals surface area contributed by atoms with Crippen LogP contribution in [0.2, 0.25) is 5.02 Å². The highest BCUT2D eigenvalue weighted by Gasteiger charge is 2.10. The lowest BCUT2D eigenvalue weighted by molar-refractivity contribution is 0.383. The molecule has 0 radical (unpaired) electrons. The summed E-state index contributed by atoms with van der Waals surface area (Å²) in [7, 11) is 4.13. The van der Waals surface area contributed by atoms with Crippen LogP contribution in [0.4, 0.5) is 0 Å². The number of fused-ring (bicyclic) bond motifs is 1. The van der Waals surface area contributed by atoms with Crippen molar-refractivity contribution in [2.75, 3.05) is 26.5 Å². The van der Waals surface area contributed by atoms with Crippen molar-refractivity contribution in [1.82, 2.24) is 14.5 Å². The first kappa shape index (κ1) is 13.7. The zero-order valence-corrected chi connectivity index (χ0v) is 12.2. The van der Waals surface area contributed by atoms with Crippen molar-refractivity contribution in [2.24, 2.45) is 0 Å². The number of hydrogen-bond acceptors (Lipinski definition) is 2. The maximum atomic E-state index is 6.06. The second kappa shape index (κ2) is 5.91. The van der Waals surface area contributed by atoms with E-state index in [4.69, 9.17) is 23.2 Å². The second-order valence-electron chi connectivity index (χ2n) is 4.55. The van der Waals surface area contributed by atoms with Crippen LogP contribution in [-0.2, 0) is 13.0 Å². The molecule has 0 N–H and O–H groups in total. The highest BCUT2D eigenvalue weighted by Crippen LogP contribution is 2.21. The summed E-state index contributed by atoms with van der Waals surface area (Å²) < 4.78 is 2.21. The predicted molar refractivity (Wildman–Crippen MR) is 77.7 cm³/mol. The lowest BCUT2D eigenvalue weighted by atomic mass is 10.3. The standard InChI is InChI=1S/C13H17Cl2N3/c1-17(2)7-8-18-12-9-10(15)3-4-11(12)16-13(18)5-6-14/h3-4,9H,5-8H2,1-2H3. The normalized spacial score (nSPS) is 11.6. The van der Waals surface area contributed by atoms with Crippen LogP contribution in [0.25, 0.3) is 11.0 Å². The molecule has 5 heteroatoms. The van der Waals surface area contributed by atoms with Gasteiger partial charge in [-0.2, -0.15) is 0 Å². The fourth-order valence-corrected chi connectivity index (χ4v) is 2.31. The second-order valence-corrected chi connectivity index (χ2v) is 5.37. The number of aromatic nitrogens is 2. The topological polar surface area (TPSA) is 21.1 Å². The van der Waals surface area contributed by atoms with Gasteiger partial charge in [-0.3, -0.25) is 0 Å². The molecule has 0 amide bonds. The third-order valence-electron chi connectivity index (χ3n) is 2.88. The van der Waals surface area contributed by atoms with Crippen LogP contribution in [-0.4, -0.2) is 41.0 Å². The Morgan fingerprint density at radius 1 is 1.33 bits per heavy atom. The summed E-state index contributed by atoms with van der Waals surface area (Å²) in [6.07, 6.45) is 0.779. The fourth-order valence-electron chi connectivity index (χ4n) is 1.97. The summed E-state index contributed by atoms with van der Waals surface area (Å²) in [6.45, 7) is 1.86. The smallest absolute Gasteiger partial charge is 0.111 e. The first-order valence-electron chi connectivity index (χ1n) is 5.97. The van der Waals surface area contributed by atoms with Crippen LogP contribution in [0.3, 0.4) is 0 Å². The molecule has 0 saturated heterocycles. The number of rotatable bonds is 5. The molecule has 3 nitrogen and oxygen atoms in total. The van der Waals surface area contributed by atoms with Gasteiger partial charge in [0.25, 0.3) is 0 Å². The Labute approximate surface area is 117 Å². The molecular weight excluding hydrogens is 269 g/mol. The van der Waals surface area contributed by atoms with E-state index >= 15 is 0 Å². The number of likely N-dealkylation sites (N-methyl/N-ethyl adjacent to an activating group) is 1. The summed E-state index contributed by atoms with van der Waals surface area (Å²) in [4.78, 5) is 6.78. The van der Waals surface area contributed by atoms with Gasteiger partial charge in [-0.05, 0) is 32.3 Å². The van der Waals surface area contributed by atoms with Gasteiger partial charge in [-0.15, -0.1) is 11.6 Å². The molecule has 0 fully saturated rings. The number of aryl methyl sites for hydroxylation is 1. The molecule has 0 aliphatic rings. The van der Waals surface area contributed by atoms with Crippen molar-refractivity contribution in [3.8, 4) is 0 Å². The van der Waals surface area contributed by atoms with Crippen molar-refractivity contribution >= 4 is 34.2 Å². The highest BCUT2D eigenvalue weighted by atomic mass is 35.5. The van der Waals surface area contributed by atoms with E-state index < -0.39 is 0 Å². The van der Waals surface area contributed by atoms with Gasteiger partial charge in [0.15, 0.2) is 0 Å². The number of hydrogen-bond donors (Lipinski definition) is 0. The predicted octanol–water partition coefficient (Wildman–Crippen LogP) is 3.03. The molecule has 18 heavy (non-hydrogen) atoms. The Morgan fingerprint density at radius 2 is 2.11 bits per heavy atom. The molecule has 98 valence electrons. The number of imidazole rings is 1. The van der Waals surface area contributed by atoms with E-state index in [9.17, 15) is 0 Å². The van der Waals surface area contributed by atoms with Crippen LogP contribution in [0, 0.1) is 0 Å². The van der Waals surface area contributed by atoms with Crippen LogP contribution in [0.1, 0.15) is 5.82 Å². The summed E-state index contributed by atoms with van der Waals surface area (Å²) in [5.41, 5.74) is 2.07. The zero-order chi connectivity index (χ0) is 13.1. The van der Waals surface area contributed by atoms with E-state index in [-0.39, 0.29) is 0 Å². The SMILES string of the molecule is CN(C)CCn1c(CCCl)nc2ccc(Cl)cc21. The summed E-state index contributed by atoms with van der Waals surface area (Å²) in [5.74, 6) is 1.61. The van der Waals surface area contributed by atoms with Gasteiger partial charge < -0.3 is 9.47 Å². The molecule has 1 heterocycles. The molecule has 0 aliphatic carbocycles. The van der Waals surface area contributed by atoms with Gasteiger partial charge in [0, 0.05) is 30.4 Å². The van der Waals surface area contributed by atoms with Gasteiger partial charge >= 0.3 is 0 Å². The third-order valence-corrected chi connectivity index (χ3v) is 3.30. The monoisotopic (exact) mass is 285 g/mol. The van der Waals surface area contributed by atoms with E-state index in [0.29, 0.717) is 5.88 Å². The maximum absolute atomic E-state index is 6.06. The molecule has 2 rings (SSSR count). The van der Waals surface area contributed by atoms with E-state index in [1.807, 2.05) is 18.2 Å². The van der Waals surface area contributed by atoms with E-state index in [1.54, 1.807) is 0 Å². The third kappa shape index (κ3) is 2.97. The molecular formula is C13H17Cl2N3. The molecule has 0 unspecified atom stereocenters. The Kier molecular flexibility index (Phi) is 4.49. The number of benzene rings is 1. The fraction of sp³-hybridized carbons (Fsp3) is 0.462. The quantitative estimate of drug-likeness (QED) is 0.788. The highest BCUT2D eigenvalue weighted by molar-refractivity contribution is 6.31. The average molecular weight is 286 g/mol. The van der Waals surface area contributed by atoms with Gasteiger partial charge in [-0.25, -0.2) is 4.98 Å². The lowest BCUT2D eigenvalue weighted by Crippen LogP contribution is -2.19. The Morgan fingerprint density at radius 3 is 2.78 bits per heavy atom. The van der Waals surface area contributed by atoms with Crippen molar-refractivity contribution in [1.29, 1.82) is 0 Å². The summed E-state index contributed by atoms with van der Waals surface area (Å²) >= 11 is 11.9. The molecule has 0 bridgehead atoms. The zero-order valence-electron chi connectivity index (χ0n) is 10.7. The first-order valence-corrected chi connectivity index (χ1v) is 6.88. The summed E-state index contributed by atoms with van der Waals surface area (Å²) in [5, 5.41) is 0.742. The molecule has 0 atom stereocenters. The number of nitrogens with zero attached hydrogens (tertiary/aromatic N) is 3. The average Bonchev–Trinajstić information content (AvgIpc) is 2.64. The number of halogens is 2. The van der Waals surface area contributed by atoms with Crippen molar-refractivity contribution in [3.63, 3.8) is 0 Å². The number of alkyl halides is 1. The Bertz CT molecular complexity index is 534. The minimum absolute atomic E-state index is 0.582. The first-order chi connectivity index (χ1) is 8.61. The molecule has 0 saturated carbocycles. The molecule has 1 aromatic heterocycles. The van der Waals surface area contributed by atoms with Gasteiger partial charge in [0.05, 0.1) is 11.0 Å². The van der Waals surface area contributed by atoms with Crippen LogP contribution < -0.4 is 0 Å². The van der Waals surface area contributed by atoms with Crippen LogP contribution >= 0.6 is 23.2 Å². The van der Waals surface area contributed by atoms with Crippen molar-refractivity contribution in [3.05, 3.63) is 29.0 Å². The van der Waals surface area contributed by atoms with Gasteiger partial charge in [-0.1, -0.05) is 11.6 Å². The van der Waals surface area contributed by atoms with Crippen LogP contribution in [0.5, 0.6) is 0 Å². The molecule has 1 aromatic carbocycles. The van der Waals surface area contributed by atoms with Gasteiger partial charge in [0.1, 0.15) is 5.82 Å². The summed E-state index contributed by atoms with van der Waals surface area (Å²) in [6, 6.07) is 5.80. The minimum atomic E-state index is 0.582. The van der Waals surface area contributed by atoms with E-state index in [0.717, 1.165) is 41.4 Å². The lowest BCUT2D eigenvalue weighted by Gasteiger charge is -2.13. The van der Waals surface area contributed by atoms with Crippen LogP contribution in [0.15, 0.2) is 18.2 Å². The largest absolute Gasteiger partial charge is 0.327 e. The van der Waals surface area contributed by atoms with Gasteiger partial charge in [0.2, 0.25) is 0 Å². The molecule has 2 aromatic rings. The maximum Gasteiger partial charge on any atom is 0.111 e. The Hall–Kier alpha value is -0.770. The van der Waals surface area contributed by atoms with E-state index in [1.165, 1.54) is 0 Å². The van der Waals surface area contributed by atoms with Crippen molar-refractivity contribution in [2.45, 2.75) is 13.0 Å². The molecule has 0 aliphatic heterocycles. The molecule has 0 spiro atoms. The minimum Gasteiger partial charge on any atom is -0.327 e. The Balaban J connectivity index is 2.43. The van der Waals surface area contributed by atoms with Crippen molar-refractivity contribution < 1.29 is 0 Å².